The predicted octanol–water partition coefficient (Wildman–Crippen LogP) is 3.96. The minimum Gasteiger partial charge on any atom is -0.372 e. The van der Waals surface area contributed by atoms with E-state index >= 15 is 0 Å². The summed E-state index contributed by atoms with van der Waals surface area (Å²) in [6.07, 6.45) is 2.30. The van der Waals surface area contributed by atoms with Gasteiger partial charge in [-0.2, -0.15) is 0 Å². The zero-order valence-electron chi connectivity index (χ0n) is 12.3. The number of carbonyl (C=O) groups excluding carboxylic acids is 1. The summed E-state index contributed by atoms with van der Waals surface area (Å²) in [6.45, 7) is 1.98. The second-order valence-electron chi connectivity index (χ2n) is 5.42. The van der Waals surface area contributed by atoms with E-state index in [1.807, 2.05) is 12.1 Å². The SMILES string of the molecule is O=C(Nc1ccc(F)c(F)c1F)c1ccc(N2CCCC2)cc1. The largest absolute Gasteiger partial charge is 0.372 e. The summed E-state index contributed by atoms with van der Waals surface area (Å²) in [6, 6.07) is 8.65. The third-order valence-electron chi connectivity index (χ3n) is 3.88. The van der Waals surface area contributed by atoms with E-state index in [2.05, 4.69) is 10.2 Å². The first-order chi connectivity index (χ1) is 11.1. The molecule has 0 atom stereocenters. The number of halogens is 3. The van der Waals surface area contributed by atoms with E-state index in [0.29, 0.717) is 5.56 Å². The highest BCUT2D eigenvalue weighted by Crippen LogP contribution is 2.22. The van der Waals surface area contributed by atoms with Crippen molar-refractivity contribution in [1.82, 2.24) is 0 Å². The molecule has 23 heavy (non-hydrogen) atoms. The Kier molecular flexibility index (Phi) is 4.23. The van der Waals surface area contributed by atoms with E-state index < -0.39 is 29.0 Å². The number of rotatable bonds is 3. The van der Waals surface area contributed by atoms with Crippen molar-refractivity contribution in [2.24, 2.45) is 0 Å². The Bertz CT molecular complexity index is 725. The first-order valence-electron chi connectivity index (χ1n) is 7.36. The van der Waals surface area contributed by atoms with Crippen molar-refractivity contribution < 1.29 is 18.0 Å². The van der Waals surface area contributed by atoms with E-state index in [1.54, 1.807) is 12.1 Å². The lowest BCUT2D eigenvalue weighted by atomic mass is 10.1. The third kappa shape index (κ3) is 3.16. The molecule has 1 aliphatic rings. The van der Waals surface area contributed by atoms with Gasteiger partial charge in [0.2, 0.25) is 0 Å². The van der Waals surface area contributed by atoms with Crippen LogP contribution in [-0.2, 0) is 0 Å². The van der Waals surface area contributed by atoms with E-state index in [-0.39, 0.29) is 0 Å². The molecule has 1 fully saturated rings. The summed E-state index contributed by atoms with van der Waals surface area (Å²) in [5.41, 5.74) is 0.952. The van der Waals surface area contributed by atoms with Gasteiger partial charge in [0.15, 0.2) is 17.5 Å². The van der Waals surface area contributed by atoms with Crippen LogP contribution in [0.15, 0.2) is 36.4 Å². The van der Waals surface area contributed by atoms with Gasteiger partial charge in [-0.1, -0.05) is 0 Å². The predicted molar refractivity (Wildman–Crippen MR) is 82.2 cm³/mol. The lowest BCUT2D eigenvalue weighted by molar-refractivity contribution is 0.102. The molecule has 1 amide bonds. The maximum Gasteiger partial charge on any atom is 0.255 e. The number of nitrogens with one attached hydrogen (secondary N) is 1. The van der Waals surface area contributed by atoms with Gasteiger partial charge in [-0.3, -0.25) is 4.79 Å². The van der Waals surface area contributed by atoms with Crippen LogP contribution in [0.3, 0.4) is 0 Å². The van der Waals surface area contributed by atoms with Crippen molar-refractivity contribution in [3.05, 3.63) is 59.4 Å². The molecule has 3 rings (SSSR count). The van der Waals surface area contributed by atoms with Gasteiger partial charge in [-0.05, 0) is 49.2 Å². The minimum atomic E-state index is -1.60. The molecule has 0 radical (unpaired) electrons. The van der Waals surface area contributed by atoms with Crippen LogP contribution in [0.5, 0.6) is 0 Å². The van der Waals surface area contributed by atoms with E-state index in [1.165, 1.54) is 0 Å². The van der Waals surface area contributed by atoms with E-state index in [4.69, 9.17) is 0 Å². The van der Waals surface area contributed by atoms with Crippen molar-refractivity contribution in [2.75, 3.05) is 23.3 Å². The molecule has 6 heteroatoms. The monoisotopic (exact) mass is 320 g/mol. The van der Waals surface area contributed by atoms with Gasteiger partial charge in [0.05, 0.1) is 5.69 Å². The molecule has 0 spiro atoms. The van der Waals surface area contributed by atoms with E-state index in [0.717, 1.165) is 43.8 Å². The fraction of sp³-hybridized carbons (Fsp3) is 0.235. The standard InChI is InChI=1S/C17H15F3N2O/c18-13-7-8-14(16(20)15(13)19)21-17(23)11-3-5-12(6-4-11)22-9-1-2-10-22/h3-8H,1-2,9-10H2,(H,21,23). The maximum atomic E-state index is 13.6. The number of carbonyl (C=O) groups is 1. The summed E-state index contributed by atoms with van der Waals surface area (Å²) >= 11 is 0. The molecule has 0 aliphatic carbocycles. The molecule has 0 bridgehead atoms. The molecule has 1 heterocycles. The van der Waals surface area contributed by atoms with Crippen molar-refractivity contribution in [3.8, 4) is 0 Å². The number of anilines is 2. The number of hydrogen-bond acceptors (Lipinski definition) is 2. The average Bonchev–Trinajstić information content (AvgIpc) is 3.10. The second kappa shape index (κ2) is 6.32. The zero-order valence-corrected chi connectivity index (χ0v) is 12.3. The molecule has 0 saturated carbocycles. The van der Waals surface area contributed by atoms with Crippen LogP contribution in [0.4, 0.5) is 24.5 Å². The summed E-state index contributed by atoms with van der Waals surface area (Å²) in [5, 5.41) is 2.25. The lowest BCUT2D eigenvalue weighted by Gasteiger charge is -2.17. The zero-order chi connectivity index (χ0) is 16.4. The molecule has 2 aromatic carbocycles. The molecular weight excluding hydrogens is 305 g/mol. The van der Waals surface area contributed by atoms with Crippen molar-refractivity contribution in [2.45, 2.75) is 12.8 Å². The molecule has 1 saturated heterocycles. The fourth-order valence-electron chi connectivity index (χ4n) is 2.62. The van der Waals surface area contributed by atoms with Crippen LogP contribution in [0.25, 0.3) is 0 Å². The highest BCUT2D eigenvalue weighted by Gasteiger charge is 2.17. The quantitative estimate of drug-likeness (QED) is 0.868. The summed E-state index contributed by atoms with van der Waals surface area (Å²) in [7, 11) is 0. The smallest absolute Gasteiger partial charge is 0.255 e. The molecule has 1 N–H and O–H groups in total. The maximum absolute atomic E-state index is 13.6. The van der Waals surface area contributed by atoms with Crippen molar-refractivity contribution >= 4 is 17.3 Å². The normalized spacial score (nSPS) is 14.1. The van der Waals surface area contributed by atoms with Crippen LogP contribution >= 0.6 is 0 Å². The molecular formula is C17H15F3N2O. The Morgan fingerprint density at radius 1 is 0.913 bits per heavy atom. The number of amides is 1. The van der Waals surface area contributed by atoms with E-state index in [9.17, 15) is 18.0 Å². The lowest BCUT2D eigenvalue weighted by Crippen LogP contribution is -2.18. The average molecular weight is 320 g/mol. The molecule has 120 valence electrons. The number of nitrogens with zero attached hydrogens (tertiary/aromatic N) is 1. The molecule has 2 aromatic rings. The fourth-order valence-corrected chi connectivity index (χ4v) is 2.62. The number of benzene rings is 2. The first-order valence-corrected chi connectivity index (χ1v) is 7.36. The van der Waals surface area contributed by atoms with Gasteiger partial charge < -0.3 is 10.2 Å². The van der Waals surface area contributed by atoms with Gasteiger partial charge >= 0.3 is 0 Å². The van der Waals surface area contributed by atoms with Gasteiger partial charge in [-0.25, -0.2) is 13.2 Å². The van der Waals surface area contributed by atoms with Crippen LogP contribution < -0.4 is 10.2 Å². The first kappa shape index (κ1) is 15.4. The van der Waals surface area contributed by atoms with Gasteiger partial charge in [0, 0.05) is 24.3 Å². The Morgan fingerprint density at radius 3 is 2.22 bits per heavy atom. The Balaban J connectivity index is 1.74. The molecule has 0 aromatic heterocycles. The molecule has 1 aliphatic heterocycles. The summed E-state index contributed by atoms with van der Waals surface area (Å²) < 4.78 is 39.6. The van der Waals surface area contributed by atoms with Crippen LogP contribution in [-0.4, -0.2) is 19.0 Å². The molecule has 3 nitrogen and oxygen atoms in total. The van der Waals surface area contributed by atoms with Gasteiger partial charge in [-0.15, -0.1) is 0 Å². The summed E-state index contributed by atoms with van der Waals surface area (Å²) in [4.78, 5) is 14.3. The van der Waals surface area contributed by atoms with Crippen molar-refractivity contribution in [1.29, 1.82) is 0 Å². The minimum absolute atomic E-state index is 0.317. The van der Waals surface area contributed by atoms with Crippen LogP contribution in [0.2, 0.25) is 0 Å². The van der Waals surface area contributed by atoms with Crippen molar-refractivity contribution in [3.63, 3.8) is 0 Å². The van der Waals surface area contributed by atoms with Crippen LogP contribution in [0.1, 0.15) is 23.2 Å². The van der Waals surface area contributed by atoms with Crippen LogP contribution in [0, 0.1) is 17.5 Å². The summed E-state index contributed by atoms with van der Waals surface area (Å²) in [5.74, 6) is -4.89. The Morgan fingerprint density at radius 2 is 1.57 bits per heavy atom. The number of hydrogen-bond donors (Lipinski definition) is 1. The highest BCUT2D eigenvalue weighted by atomic mass is 19.2. The Hall–Kier alpha value is -2.50. The third-order valence-corrected chi connectivity index (χ3v) is 3.88. The second-order valence-corrected chi connectivity index (χ2v) is 5.42. The Labute approximate surface area is 131 Å². The van der Waals surface area contributed by atoms with Gasteiger partial charge in [0.25, 0.3) is 5.91 Å². The molecule has 0 unspecified atom stereocenters. The topological polar surface area (TPSA) is 32.3 Å². The van der Waals surface area contributed by atoms with Gasteiger partial charge in [0.1, 0.15) is 0 Å². The highest BCUT2D eigenvalue weighted by molar-refractivity contribution is 6.04.